The Hall–Kier alpha value is -4.26. The van der Waals surface area contributed by atoms with Crippen LogP contribution in [-0.4, -0.2) is 21.2 Å². The first kappa shape index (κ1) is 20.0. The Labute approximate surface area is 178 Å². The fraction of sp³-hybridized carbons (Fsp3) is 0.0833. The normalized spacial score (nSPS) is 11.7. The fourth-order valence-corrected chi connectivity index (χ4v) is 3.26. The van der Waals surface area contributed by atoms with Crippen LogP contribution in [0.3, 0.4) is 0 Å². The maximum atomic E-state index is 10.7. The third-order valence-electron chi connectivity index (χ3n) is 4.73. The summed E-state index contributed by atoms with van der Waals surface area (Å²) in [6, 6.07) is 15.1. The Balaban J connectivity index is 1.56. The zero-order chi connectivity index (χ0) is 22.0. The highest BCUT2D eigenvalue weighted by atomic mass is 16.6. The number of nitro groups is 1. The zero-order valence-electron chi connectivity index (χ0n) is 16.9. The van der Waals surface area contributed by atoms with Crippen molar-refractivity contribution in [3.63, 3.8) is 0 Å². The molecule has 154 valence electrons. The van der Waals surface area contributed by atoms with Crippen molar-refractivity contribution in [3.8, 4) is 17.2 Å². The van der Waals surface area contributed by atoms with E-state index < -0.39 is 4.92 Å². The molecule has 0 saturated carbocycles. The number of aliphatic imine (C=N–C) groups is 1. The molecular formula is C24H19N3O4. The molecule has 7 heteroatoms. The number of aromatic hydroxyl groups is 1. The quantitative estimate of drug-likeness (QED) is 0.240. The number of hydrogen-bond acceptors (Lipinski definition) is 6. The number of aromatic nitrogens is 1. The molecule has 4 aromatic rings. The SMILES string of the molecule is Cc1cc(C)c2oc(-c3cc(N=C/C=C/c4ccc([N+](=O)[O-])cc4)ccc3O)nc2c1. The van der Waals surface area contributed by atoms with Crippen molar-refractivity contribution < 1.29 is 14.4 Å². The van der Waals surface area contributed by atoms with Crippen LogP contribution in [-0.2, 0) is 0 Å². The largest absolute Gasteiger partial charge is 0.507 e. The minimum Gasteiger partial charge on any atom is -0.507 e. The van der Waals surface area contributed by atoms with Gasteiger partial charge in [-0.15, -0.1) is 0 Å². The molecule has 0 radical (unpaired) electrons. The number of fused-ring (bicyclic) bond motifs is 1. The molecule has 0 spiro atoms. The maximum absolute atomic E-state index is 10.7. The second-order valence-electron chi connectivity index (χ2n) is 7.14. The first-order valence-electron chi connectivity index (χ1n) is 9.57. The highest BCUT2D eigenvalue weighted by Crippen LogP contribution is 2.35. The minimum absolute atomic E-state index is 0.0481. The standard InChI is InChI=1S/C24H19N3O4/c1-15-12-16(2)23-21(13-15)26-24(31-23)20-14-18(7-10-22(20)28)25-11-3-4-17-5-8-19(9-6-17)27(29)30/h3-14,28H,1-2H3/b4-3+,25-11?. The summed E-state index contributed by atoms with van der Waals surface area (Å²) in [6.07, 6.45) is 5.14. The van der Waals surface area contributed by atoms with Crippen LogP contribution in [0.15, 0.2) is 70.1 Å². The number of benzene rings is 3. The number of non-ortho nitro benzene ring substituents is 1. The van der Waals surface area contributed by atoms with Crippen LogP contribution in [0, 0.1) is 24.0 Å². The van der Waals surface area contributed by atoms with Gasteiger partial charge in [0.1, 0.15) is 11.3 Å². The second kappa shape index (κ2) is 8.23. The molecule has 7 nitrogen and oxygen atoms in total. The van der Waals surface area contributed by atoms with Crippen LogP contribution in [0.25, 0.3) is 28.6 Å². The van der Waals surface area contributed by atoms with Crippen molar-refractivity contribution in [2.75, 3.05) is 0 Å². The number of phenolic OH excluding ortho intramolecular Hbond substituents is 1. The predicted octanol–water partition coefficient (Wildman–Crippen LogP) is 6.14. The lowest BCUT2D eigenvalue weighted by molar-refractivity contribution is -0.384. The van der Waals surface area contributed by atoms with Gasteiger partial charge in [0.05, 0.1) is 16.2 Å². The van der Waals surface area contributed by atoms with Gasteiger partial charge in [-0.2, -0.15) is 0 Å². The van der Waals surface area contributed by atoms with Crippen molar-refractivity contribution in [1.82, 2.24) is 4.98 Å². The van der Waals surface area contributed by atoms with Gasteiger partial charge in [0, 0.05) is 18.3 Å². The topological polar surface area (TPSA) is 102 Å². The molecule has 31 heavy (non-hydrogen) atoms. The fourth-order valence-electron chi connectivity index (χ4n) is 3.26. The summed E-state index contributed by atoms with van der Waals surface area (Å²) in [4.78, 5) is 19.2. The van der Waals surface area contributed by atoms with Gasteiger partial charge in [0.15, 0.2) is 5.58 Å². The smallest absolute Gasteiger partial charge is 0.269 e. The van der Waals surface area contributed by atoms with E-state index in [4.69, 9.17) is 4.42 Å². The number of nitro benzene ring substituents is 1. The lowest BCUT2D eigenvalue weighted by atomic mass is 10.1. The van der Waals surface area contributed by atoms with Gasteiger partial charge in [-0.1, -0.05) is 12.1 Å². The van der Waals surface area contributed by atoms with Crippen molar-refractivity contribution in [1.29, 1.82) is 0 Å². The summed E-state index contributed by atoms with van der Waals surface area (Å²) in [6.45, 7) is 3.96. The van der Waals surface area contributed by atoms with E-state index in [9.17, 15) is 15.2 Å². The third-order valence-corrected chi connectivity index (χ3v) is 4.73. The molecule has 4 rings (SSSR count). The highest BCUT2D eigenvalue weighted by molar-refractivity contribution is 5.83. The van der Waals surface area contributed by atoms with Gasteiger partial charge >= 0.3 is 0 Å². The number of aryl methyl sites for hydroxylation is 2. The first-order valence-corrected chi connectivity index (χ1v) is 9.57. The van der Waals surface area contributed by atoms with Crippen molar-refractivity contribution in [3.05, 3.63) is 87.5 Å². The lowest BCUT2D eigenvalue weighted by Crippen LogP contribution is -1.86. The van der Waals surface area contributed by atoms with Crippen molar-refractivity contribution in [2.45, 2.75) is 13.8 Å². The lowest BCUT2D eigenvalue weighted by Gasteiger charge is -2.01. The molecule has 0 aliphatic carbocycles. The molecular weight excluding hydrogens is 394 g/mol. The average molecular weight is 413 g/mol. The van der Waals surface area contributed by atoms with E-state index in [1.807, 2.05) is 26.0 Å². The zero-order valence-corrected chi connectivity index (χ0v) is 16.9. The second-order valence-corrected chi connectivity index (χ2v) is 7.14. The van der Waals surface area contributed by atoms with E-state index in [0.29, 0.717) is 22.7 Å². The Bertz CT molecular complexity index is 1340. The van der Waals surface area contributed by atoms with Crippen molar-refractivity contribution in [2.24, 2.45) is 4.99 Å². The number of hydrogen-bond donors (Lipinski definition) is 1. The van der Waals surface area contributed by atoms with E-state index in [1.54, 1.807) is 48.7 Å². The van der Waals surface area contributed by atoms with Crippen LogP contribution >= 0.6 is 0 Å². The number of allylic oxidation sites excluding steroid dienone is 1. The summed E-state index contributed by atoms with van der Waals surface area (Å²) >= 11 is 0. The van der Waals surface area contributed by atoms with Gasteiger partial charge in [0.2, 0.25) is 5.89 Å². The molecule has 1 N–H and O–H groups in total. The molecule has 0 saturated heterocycles. The van der Waals surface area contributed by atoms with Gasteiger partial charge < -0.3 is 9.52 Å². The van der Waals surface area contributed by atoms with Crippen LogP contribution in [0.4, 0.5) is 11.4 Å². The summed E-state index contributed by atoms with van der Waals surface area (Å²) in [5.74, 6) is 0.390. The van der Waals surface area contributed by atoms with Gasteiger partial charge in [-0.3, -0.25) is 15.1 Å². The molecule has 0 unspecified atom stereocenters. The number of oxazole rings is 1. The Morgan fingerprint density at radius 2 is 1.87 bits per heavy atom. The molecule has 0 atom stereocenters. The molecule has 0 bridgehead atoms. The monoisotopic (exact) mass is 413 g/mol. The Morgan fingerprint density at radius 1 is 1.10 bits per heavy atom. The van der Waals surface area contributed by atoms with E-state index >= 15 is 0 Å². The van der Waals surface area contributed by atoms with Crippen LogP contribution < -0.4 is 0 Å². The first-order chi connectivity index (χ1) is 14.9. The molecule has 0 fully saturated rings. The number of phenols is 1. The number of rotatable bonds is 5. The summed E-state index contributed by atoms with van der Waals surface area (Å²) < 4.78 is 5.90. The van der Waals surface area contributed by atoms with E-state index in [1.165, 1.54) is 12.1 Å². The summed E-state index contributed by atoms with van der Waals surface area (Å²) in [7, 11) is 0. The third kappa shape index (κ3) is 4.35. The molecule has 3 aromatic carbocycles. The van der Waals surface area contributed by atoms with E-state index in [2.05, 4.69) is 9.98 Å². The number of nitrogens with zero attached hydrogens (tertiary/aromatic N) is 3. The maximum Gasteiger partial charge on any atom is 0.269 e. The molecule has 1 heterocycles. The minimum atomic E-state index is -0.434. The predicted molar refractivity (Wildman–Crippen MR) is 121 cm³/mol. The molecule has 0 aliphatic rings. The summed E-state index contributed by atoms with van der Waals surface area (Å²) in [5.41, 5.74) is 5.46. The van der Waals surface area contributed by atoms with Gasteiger partial charge in [-0.25, -0.2) is 4.98 Å². The van der Waals surface area contributed by atoms with Gasteiger partial charge in [0.25, 0.3) is 5.69 Å². The Morgan fingerprint density at radius 3 is 2.61 bits per heavy atom. The average Bonchev–Trinajstić information content (AvgIpc) is 3.17. The van der Waals surface area contributed by atoms with Gasteiger partial charge in [-0.05, 0) is 73.0 Å². The summed E-state index contributed by atoms with van der Waals surface area (Å²) in [5, 5.41) is 21.0. The van der Waals surface area contributed by atoms with Crippen LogP contribution in [0.5, 0.6) is 5.75 Å². The molecule has 1 aromatic heterocycles. The highest BCUT2D eigenvalue weighted by Gasteiger charge is 2.14. The molecule has 0 aliphatic heterocycles. The Kier molecular flexibility index (Phi) is 5.32. The van der Waals surface area contributed by atoms with Crippen LogP contribution in [0.1, 0.15) is 16.7 Å². The van der Waals surface area contributed by atoms with Crippen molar-refractivity contribution >= 4 is 34.8 Å². The van der Waals surface area contributed by atoms with E-state index in [-0.39, 0.29) is 11.4 Å². The molecule has 0 amide bonds. The van der Waals surface area contributed by atoms with E-state index in [0.717, 1.165) is 22.2 Å². The van der Waals surface area contributed by atoms with Crippen LogP contribution in [0.2, 0.25) is 0 Å².